The third kappa shape index (κ3) is 4.37. The van der Waals surface area contributed by atoms with E-state index < -0.39 is 15.9 Å². The van der Waals surface area contributed by atoms with Crippen molar-refractivity contribution in [2.24, 2.45) is 0 Å². The third-order valence-electron chi connectivity index (χ3n) is 6.24. The number of hydrogen-bond donors (Lipinski definition) is 1. The number of ether oxygens (including phenoxy) is 1. The zero-order valence-corrected chi connectivity index (χ0v) is 18.0. The quantitative estimate of drug-likeness (QED) is 0.733. The Kier molecular flexibility index (Phi) is 5.84. The molecule has 2 aliphatic rings. The number of amides is 1. The molecule has 4 rings (SSSR count). The van der Waals surface area contributed by atoms with Gasteiger partial charge < -0.3 is 10.1 Å². The van der Waals surface area contributed by atoms with E-state index in [4.69, 9.17) is 4.74 Å². The Balaban J connectivity index is 1.51. The maximum Gasteiger partial charge on any atom is 0.241 e. The summed E-state index contributed by atoms with van der Waals surface area (Å²) < 4.78 is 29.3. The highest BCUT2D eigenvalue weighted by atomic mass is 32.2. The summed E-state index contributed by atoms with van der Waals surface area (Å²) in [7, 11) is -1.34. The molecule has 1 unspecified atom stereocenters. The summed E-state index contributed by atoms with van der Waals surface area (Å²) in [4.78, 5) is 15.3. The number of benzene rings is 2. The molecule has 7 heteroatoms. The molecule has 1 aliphatic heterocycles. The lowest BCUT2D eigenvalue weighted by atomic mass is 9.94. The minimum absolute atomic E-state index is 0.0818. The van der Waals surface area contributed by atoms with Crippen LogP contribution in [0.5, 0.6) is 5.75 Å². The molecule has 1 amide bonds. The van der Waals surface area contributed by atoms with Gasteiger partial charge in [0, 0.05) is 30.6 Å². The lowest BCUT2D eigenvalue weighted by molar-refractivity contribution is -0.126. The zero-order valence-electron chi connectivity index (χ0n) is 17.2. The highest BCUT2D eigenvalue weighted by Gasteiger charge is 2.46. The smallest absolute Gasteiger partial charge is 0.241 e. The number of carbonyl (C=O) groups is 1. The van der Waals surface area contributed by atoms with Crippen LogP contribution in [0.25, 0.3) is 0 Å². The summed E-state index contributed by atoms with van der Waals surface area (Å²) in [6.45, 7) is 1.28. The molecule has 1 heterocycles. The number of rotatable bonds is 7. The molecule has 1 N–H and O–H groups in total. The van der Waals surface area contributed by atoms with Crippen molar-refractivity contribution < 1.29 is 17.9 Å². The topological polar surface area (TPSA) is 75.7 Å². The van der Waals surface area contributed by atoms with E-state index in [2.05, 4.69) is 11.4 Å². The molecular formula is C23H28N2O4S. The monoisotopic (exact) mass is 428 g/mol. The number of methoxy groups -OCH3 is 1. The van der Waals surface area contributed by atoms with Crippen LogP contribution in [0.2, 0.25) is 0 Å². The van der Waals surface area contributed by atoms with E-state index in [9.17, 15) is 13.2 Å². The van der Waals surface area contributed by atoms with E-state index in [1.54, 1.807) is 7.11 Å². The second-order valence-corrected chi connectivity index (χ2v) is 10.5. The van der Waals surface area contributed by atoms with E-state index in [1.165, 1.54) is 0 Å². The van der Waals surface area contributed by atoms with Gasteiger partial charge in [-0.15, -0.1) is 0 Å². The van der Waals surface area contributed by atoms with Crippen molar-refractivity contribution in [2.75, 3.05) is 38.2 Å². The fraction of sp³-hybridized carbons (Fsp3) is 0.435. The summed E-state index contributed by atoms with van der Waals surface area (Å²) in [5.41, 5.74) is 1.93. The summed E-state index contributed by atoms with van der Waals surface area (Å²) >= 11 is 0. The Morgan fingerprint density at radius 2 is 1.70 bits per heavy atom. The molecule has 1 saturated heterocycles. The Morgan fingerprint density at radius 1 is 1.07 bits per heavy atom. The first-order chi connectivity index (χ1) is 14.4. The highest BCUT2D eigenvalue weighted by molar-refractivity contribution is 7.91. The number of hydrogen-bond acceptors (Lipinski definition) is 5. The van der Waals surface area contributed by atoms with Gasteiger partial charge in [0.2, 0.25) is 5.91 Å². The first-order valence-electron chi connectivity index (χ1n) is 10.3. The molecule has 1 saturated carbocycles. The van der Waals surface area contributed by atoms with E-state index in [0.717, 1.165) is 29.7 Å². The molecule has 2 fully saturated rings. The van der Waals surface area contributed by atoms with Crippen molar-refractivity contribution in [2.45, 2.75) is 24.3 Å². The van der Waals surface area contributed by atoms with Crippen molar-refractivity contribution in [3.63, 3.8) is 0 Å². The fourth-order valence-corrected chi connectivity index (χ4v) is 5.51. The van der Waals surface area contributed by atoms with Crippen LogP contribution in [0.3, 0.4) is 0 Å². The van der Waals surface area contributed by atoms with Crippen molar-refractivity contribution in [1.82, 2.24) is 10.2 Å². The minimum Gasteiger partial charge on any atom is -0.496 e. The minimum atomic E-state index is -3.01. The van der Waals surface area contributed by atoms with Gasteiger partial charge in [0.15, 0.2) is 9.84 Å². The van der Waals surface area contributed by atoms with Gasteiger partial charge in [-0.2, -0.15) is 0 Å². The van der Waals surface area contributed by atoms with Crippen molar-refractivity contribution in [3.05, 3.63) is 65.7 Å². The molecular weight excluding hydrogens is 400 g/mol. The molecule has 0 bridgehead atoms. The van der Waals surface area contributed by atoms with E-state index >= 15 is 0 Å². The molecule has 1 atom stereocenters. The summed E-state index contributed by atoms with van der Waals surface area (Å²) in [5.74, 6) is 0.954. The van der Waals surface area contributed by atoms with Crippen LogP contribution in [0.15, 0.2) is 54.6 Å². The van der Waals surface area contributed by atoms with Gasteiger partial charge in [0.05, 0.1) is 18.6 Å². The van der Waals surface area contributed by atoms with E-state index in [1.807, 2.05) is 53.4 Å². The first kappa shape index (κ1) is 20.9. The Bertz CT molecular complexity index is 989. The Morgan fingerprint density at radius 3 is 2.33 bits per heavy atom. The van der Waals surface area contributed by atoms with Crippen molar-refractivity contribution >= 4 is 15.7 Å². The van der Waals surface area contributed by atoms with Crippen LogP contribution in [0, 0.1) is 0 Å². The van der Waals surface area contributed by atoms with Crippen molar-refractivity contribution in [3.8, 4) is 5.75 Å². The summed E-state index contributed by atoms with van der Waals surface area (Å²) in [6, 6.07) is 17.1. The first-order valence-corrected chi connectivity index (χ1v) is 12.2. The molecule has 2 aromatic rings. The Hall–Kier alpha value is -2.38. The maximum absolute atomic E-state index is 13.3. The highest BCUT2D eigenvalue weighted by Crippen LogP contribution is 2.50. The number of sulfone groups is 1. The average molecular weight is 429 g/mol. The number of carbonyl (C=O) groups excluding carboxylic acids is 1. The molecule has 0 radical (unpaired) electrons. The van der Waals surface area contributed by atoms with Crippen LogP contribution in [-0.2, 0) is 20.0 Å². The van der Waals surface area contributed by atoms with Crippen LogP contribution >= 0.6 is 0 Å². The van der Waals surface area contributed by atoms with Crippen LogP contribution in [0.1, 0.15) is 30.0 Å². The van der Waals surface area contributed by atoms with Gasteiger partial charge in [-0.1, -0.05) is 48.5 Å². The second kappa shape index (κ2) is 8.40. The molecule has 160 valence electrons. The van der Waals surface area contributed by atoms with Gasteiger partial charge in [0.1, 0.15) is 11.8 Å². The lowest BCUT2D eigenvalue weighted by Crippen LogP contribution is -2.48. The normalized spacial score (nSPS) is 20.8. The lowest BCUT2D eigenvalue weighted by Gasteiger charge is -2.34. The zero-order chi connectivity index (χ0) is 21.2. The van der Waals surface area contributed by atoms with Crippen LogP contribution < -0.4 is 10.1 Å². The number of nitrogens with one attached hydrogen (secondary N) is 1. The van der Waals surface area contributed by atoms with Crippen LogP contribution in [-0.4, -0.2) is 57.5 Å². The molecule has 0 aromatic heterocycles. The molecule has 30 heavy (non-hydrogen) atoms. The molecule has 6 nitrogen and oxygen atoms in total. The van der Waals surface area contributed by atoms with E-state index in [-0.39, 0.29) is 22.8 Å². The molecule has 2 aromatic carbocycles. The SMILES string of the molecule is COc1ccccc1C1(CNC(=O)C(c2ccccc2)N2CCS(=O)(=O)CC2)CC1. The van der Waals surface area contributed by atoms with Gasteiger partial charge >= 0.3 is 0 Å². The van der Waals surface area contributed by atoms with Crippen molar-refractivity contribution in [1.29, 1.82) is 0 Å². The fourth-order valence-electron chi connectivity index (χ4n) is 4.28. The molecule has 0 spiro atoms. The third-order valence-corrected chi connectivity index (χ3v) is 7.85. The van der Waals surface area contributed by atoms with Gasteiger partial charge in [-0.25, -0.2) is 8.42 Å². The number of para-hydroxylation sites is 1. The standard InChI is InChI=1S/C23H28N2O4S/c1-29-20-10-6-5-9-19(20)23(11-12-23)17-24-22(26)21(18-7-3-2-4-8-18)25-13-15-30(27,28)16-14-25/h2-10,21H,11-17H2,1H3,(H,24,26). The maximum atomic E-state index is 13.3. The van der Waals surface area contributed by atoms with Gasteiger partial charge in [0.25, 0.3) is 0 Å². The Labute approximate surface area is 178 Å². The van der Waals surface area contributed by atoms with Gasteiger partial charge in [-0.3, -0.25) is 9.69 Å². The molecule has 1 aliphatic carbocycles. The predicted octanol–water partition coefficient (Wildman–Crippen LogP) is 2.31. The van der Waals surface area contributed by atoms with Gasteiger partial charge in [-0.05, 0) is 24.5 Å². The predicted molar refractivity (Wildman–Crippen MR) is 116 cm³/mol. The second-order valence-electron chi connectivity index (χ2n) is 8.20. The number of nitrogens with zero attached hydrogens (tertiary/aromatic N) is 1. The summed E-state index contributed by atoms with van der Waals surface area (Å²) in [5, 5.41) is 3.17. The summed E-state index contributed by atoms with van der Waals surface area (Å²) in [6.07, 6.45) is 2.01. The largest absolute Gasteiger partial charge is 0.496 e. The van der Waals surface area contributed by atoms with Crippen LogP contribution in [0.4, 0.5) is 0 Å². The average Bonchev–Trinajstić information content (AvgIpc) is 3.55. The van der Waals surface area contributed by atoms with E-state index in [0.29, 0.717) is 19.6 Å².